The topological polar surface area (TPSA) is 22.3 Å². The second-order valence-electron chi connectivity index (χ2n) is 14.1. The number of allylic oxidation sites excluding steroid dienone is 1. The molecule has 0 spiro atoms. The minimum absolute atomic E-state index is 0.0222. The zero-order valence-electron chi connectivity index (χ0n) is 26.5. The molecule has 216 valence electrons. The lowest BCUT2D eigenvalue weighted by Gasteiger charge is -2.27. The molecule has 0 amide bonds. The average Bonchev–Trinajstić information content (AvgIpc) is 3.29. The summed E-state index contributed by atoms with van der Waals surface area (Å²) in [6.45, 7) is 17.9. The SMILES string of the molecule is CC1=CC(C)OC(=C2c3cc(-c4ccccc4)ccc3-c3c4ccc5c(C(C)(C)C)cc(C(C)(C)C)cc5c4cc[n+]32)O1. The number of pyridine rings is 1. The Kier molecular flexibility index (Phi) is 6.11. The number of ether oxygens (including phenoxy) is 2. The first-order chi connectivity index (χ1) is 20.4. The van der Waals surface area contributed by atoms with Crippen LogP contribution in [0.1, 0.15) is 72.1 Å². The molecule has 1 atom stereocenters. The fourth-order valence-electron chi connectivity index (χ4n) is 6.65. The Labute approximate surface area is 255 Å². The third-order valence-corrected chi connectivity index (χ3v) is 8.82. The predicted octanol–water partition coefficient (Wildman–Crippen LogP) is 10.0. The van der Waals surface area contributed by atoms with Crippen molar-refractivity contribution < 1.29 is 14.0 Å². The number of aromatic nitrogens is 1. The number of benzene rings is 4. The Morgan fingerprint density at radius 1 is 0.674 bits per heavy atom. The zero-order valence-corrected chi connectivity index (χ0v) is 26.5. The van der Waals surface area contributed by atoms with E-state index in [9.17, 15) is 0 Å². The Balaban J connectivity index is 1.56. The van der Waals surface area contributed by atoms with Gasteiger partial charge in [0.2, 0.25) is 5.69 Å². The quantitative estimate of drug-likeness (QED) is 0.146. The molecule has 43 heavy (non-hydrogen) atoms. The number of nitrogens with zero attached hydrogens (tertiary/aromatic N) is 1. The monoisotopic (exact) mass is 566 g/mol. The third kappa shape index (κ3) is 4.54. The van der Waals surface area contributed by atoms with Crippen LogP contribution in [0, 0.1) is 0 Å². The second-order valence-corrected chi connectivity index (χ2v) is 14.1. The molecule has 0 aliphatic carbocycles. The van der Waals surface area contributed by atoms with Gasteiger partial charge in [-0.2, -0.15) is 4.57 Å². The second kappa shape index (κ2) is 9.57. The van der Waals surface area contributed by atoms with Gasteiger partial charge in [0, 0.05) is 11.5 Å². The van der Waals surface area contributed by atoms with E-state index in [0.717, 1.165) is 17.0 Å². The highest BCUT2D eigenvalue weighted by atomic mass is 16.7. The summed E-state index contributed by atoms with van der Waals surface area (Å²) in [5.41, 5.74) is 9.58. The van der Waals surface area contributed by atoms with Crippen molar-refractivity contribution in [2.75, 3.05) is 0 Å². The van der Waals surface area contributed by atoms with Gasteiger partial charge in [-0.25, -0.2) is 0 Å². The van der Waals surface area contributed by atoms with Crippen molar-refractivity contribution in [2.24, 2.45) is 0 Å². The molecule has 3 heterocycles. The number of rotatable bonds is 1. The van der Waals surface area contributed by atoms with Crippen LogP contribution in [0.5, 0.6) is 0 Å². The first kappa shape index (κ1) is 27.5. The van der Waals surface area contributed by atoms with E-state index in [1.807, 2.05) is 13.0 Å². The fraction of sp³-hybridized carbons (Fsp3) is 0.275. The van der Waals surface area contributed by atoms with E-state index >= 15 is 0 Å². The van der Waals surface area contributed by atoms with E-state index in [1.54, 1.807) is 0 Å². The minimum atomic E-state index is -0.0716. The molecule has 1 unspecified atom stereocenters. The molecule has 1 aromatic heterocycles. The van der Waals surface area contributed by atoms with E-state index < -0.39 is 0 Å². The van der Waals surface area contributed by atoms with Gasteiger partial charge in [0.05, 0.1) is 16.5 Å². The number of hydrogen-bond donors (Lipinski definition) is 0. The number of hydrogen-bond acceptors (Lipinski definition) is 2. The van der Waals surface area contributed by atoms with Crippen molar-refractivity contribution in [3.63, 3.8) is 0 Å². The predicted molar refractivity (Wildman–Crippen MR) is 178 cm³/mol. The Hall–Kier alpha value is -4.37. The van der Waals surface area contributed by atoms with Crippen LogP contribution in [0.2, 0.25) is 0 Å². The van der Waals surface area contributed by atoms with Crippen molar-refractivity contribution in [1.29, 1.82) is 0 Å². The van der Waals surface area contributed by atoms with Crippen LogP contribution < -0.4 is 4.57 Å². The molecule has 0 saturated heterocycles. The van der Waals surface area contributed by atoms with Crippen LogP contribution in [0.4, 0.5) is 0 Å². The lowest BCUT2D eigenvalue weighted by atomic mass is 9.77. The van der Waals surface area contributed by atoms with Crippen LogP contribution in [-0.2, 0) is 20.3 Å². The Morgan fingerprint density at radius 3 is 2.12 bits per heavy atom. The molecule has 0 N–H and O–H groups in total. The van der Waals surface area contributed by atoms with Crippen molar-refractivity contribution in [1.82, 2.24) is 0 Å². The maximum Gasteiger partial charge on any atom is 0.361 e. The molecule has 4 aromatic carbocycles. The van der Waals surface area contributed by atoms with Crippen LogP contribution in [-0.4, -0.2) is 6.10 Å². The molecule has 3 nitrogen and oxygen atoms in total. The third-order valence-electron chi connectivity index (χ3n) is 8.82. The fourth-order valence-corrected chi connectivity index (χ4v) is 6.65. The highest BCUT2D eigenvalue weighted by Gasteiger charge is 2.40. The standard InChI is InChI=1S/C40H40NO2/c1-24-20-25(2)43-38(42-24)37-34-21-27(26-12-10-9-11-13-26)14-15-32(34)36-31-17-16-30-33(29(31)18-19-41(36)37)22-28(39(3,4)5)23-35(30)40(6,7)8/h9-24H,1-8H3/q+1. The van der Waals surface area contributed by atoms with Gasteiger partial charge in [-0.1, -0.05) is 90.1 Å². The minimum Gasteiger partial charge on any atom is -0.453 e. The first-order valence-electron chi connectivity index (χ1n) is 15.3. The summed E-state index contributed by atoms with van der Waals surface area (Å²) >= 11 is 0. The van der Waals surface area contributed by atoms with Crippen molar-refractivity contribution in [2.45, 2.75) is 72.3 Å². The zero-order chi connectivity index (χ0) is 30.3. The van der Waals surface area contributed by atoms with E-state index in [4.69, 9.17) is 9.47 Å². The van der Waals surface area contributed by atoms with Gasteiger partial charge in [0.1, 0.15) is 11.9 Å². The summed E-state index contributed by atoms with van der Waals surface area (Å²) < 4.78 is 14.9. The van der Waals surface area contributed by atoms with E-state index in [-0.39, 0.29) is 16.9 Å². The molecular formula is C40H40NO2+. The maximum absolute atomic E-state index is 6.35. The summed E-state index contributed by atoms with van der Waals surface area (Å²) in [5, 5.41) is 5.11. The van der Waals surface area contributed by atoms with Gasteiger partial charge < -0.3 is 9.47 Å². The van der Waals surface area contributed by atoms with Gasteiger partial charge in [0.15, 0.2) is 6.20 Å². The number of fused-ring (bicyclic) bond motifs is 7. The van der Waals surface area contributed by atoms with Gasteiger partial charge in [-0.3, -0.25) is 0 Å². The summed E-state index contributed by atoms with van der Waals surface area (Å²) in [6.07, 6.45) is 4.14. The van der Waals surface area contributed by atoms with Gasteiger partial charge in [0.25, 0.3) is 0 Å². The van der Waals surface area contributed by atoms with Crippen molar-refractivity contribution >= 4 is 27.2 Å². The summed E-state index contributed by atoms with van der Waals surface area (Å²) in [5.74, 6) is 1.40. The highest BCUT2D eigenvalue weighted by molar-refractivity contribution is 6.13. The van der Waals surface area contributed by atoms with Gasteiger partial charge in [-0.05, 0) is 88.0 Å². The van der Waals surface area contributed by atoms with Crippen LogP contribution in [0.15, 0.2) is 103 Å². The molecular weight excluding hydrogens is 526 g/mol. The maximum atomic E-state index is 6.35. The molecule has 3 heteroatoms. The average molecular weight is 567 g/mol. The lowest BCUT2D eigenvalue weighted by molar-refractivity contribution is -0.564. The van der Waals surface area contributed by atoms with E-state index in [1.165, 1.54) is 55.1 Å². The first-order valence-corrected chi connectivity index (χ1v) is 15.3. The normalized spacial score (nSPS) is 18.2. The van der Waals surface area contributed by atoms with Crippen LogP contribution in [0.3, 0.4) is 0 Å². The molecule has 2 aliphatic heterocycles. The van der Waals surface area contributed by atoms with Crippen LogP contribution in [0.25, 0.3) is 49.6 Å². The van der Waals surface area contributed by atoms with E-state index in [2.05, 4.69) is 138 Å². The smallest absolute Gasteiger partial charge is 0.361 e. The van der Waals surface area contributed by atoms with Crippen molar-refractivity contribution in [3.05, 3.63) is 120 Å². The molecule has 0 saturated carbocycles. The largest absolute Gasteiger partial charge is 0.453 e. The lowest BCUT2D eigenvalue weighted by Crippen LogP contribution is -2.33. The van der Waals surface area contributed by atoms with Crippen LogP contribution >= 0.6 is 0 Å². The summed E-state index contributed by atoms with van der Waals surface area (Å²) in [4.78, 5) is 0. The molecule has 7 rings (SSSR count). The van der Waals surface area contributed by atoms with Crippen molar-refractivity contribution in [3.8, 4) is 22.4 Å². The molecule has 2 aliphatic rings. The van der Waals surface area contributed by atoms with Gasteiger partial charge in [-0.15, -0.1) is 0 Å². The Bertz CT molecular complexity index is 2000. The Morgan fingerprint density at radius 2 is 1.42 bits per heavy atom. The molecule has 0 radical (unpaired) electrons. The molecule has 5 aromatic rings. The summed E-state index contributed by atoms with van der Waals surface area (Å²) in [6, 6.07) is 29.1. The highest BCUT2D eigenvalue weighted by Crippen LogP contribution is 2.44. The van der Waals surface area contributed by atoms with Gasteiger partial charge >= 0.3 is 11.6 Å². The molecule has 0 fully saturated rings. The van der Waals surface area contributed by atoms with E-state index in [0.29, 0.717) is 5.95 Å². The summed E-state index contributed by atoms with van der Waals surface area (Å²) in [7, 11) is 0. The molecule has 0 bridgehead atoms.